The molecule has 7 heteroatoms. The first-order valence-electron chi connectivity index (χ1n) is 7.47. The zero-order valence-electron chi connectivity index (χ0n) is 13.2. The number of amides is 1. The molecule has 0 unspecified atom stereocenters. The first-order valence-corrected chi connectivity index (χ1v) is 9.29. The second-order valence-corrected chi connectivity index (χ2v) is 8.73. The highest BCUT2D eigenvalue weighted by Crippen LogP contribution is 2.26. The van der Waals surface area contributed by atoms with Crippen LogP contribution in [0, 0.1) is 5.92 Å². The molecule has 1 aliphatic rings. The van der Waals surface area contributed by atoms with Crippen LogP contribution in [0.5, 0.6) is 0 Å². The Hall–Kier alpha value is -1.89. The number of hydrogen-bond acceptors (Lipinski definition) is 4. The number of carbonyl (C=O) groups is 2. The van der Waals surface area contributed by atoms with Gasteiger partial charge in [-0.25, -0.2) is 8.42 Å². The molecule has 1 aromatic rings. The van der Waals surface area contributed by atoms with E-state index in [0.29, 0.717) is 24.1 Å². The highest BCUT2D eigenvalue weighted by Gasteiger charge is 2.30. The quantitative estimate of drug-likeness (QED) is 0.871. The fourth-order valence-electron chi connectivity index (χ4n) is 2.49. The van der Waals surface area contributed by atoms with E-state index >= 15 is 0 Å². The van der Waals surface area contributed by atoms with Gasteiger partial charge in [-0.3, -0.25) is 9.59 Å². The summed E-state index contributed by atoms with van der Waals surface area (Å²) in [6.07, 6.45) is 0.691. The normalized spacial score (nSPS) is 18.3. The molecule has 0 spiro atoms. The lowest BCUT2D eigenvalue weighted by atomic mass is 9.85. The van der Waals surface area contributed by atoms with E-state index in [-0.39, 0.29) is 23.3 Å². The van der Waals surface area contributed by atoms with Crippen LogP contribution in [0.25, 0.3) is 0 Å². The van der Waals surface area contributed by atoms with E-state index in [2.05, 4.69) is 5.32 Å². The van der Waals surface area contributed by atoms with Gasteiger partial charge in [0.05, 0.1) is 16.9 Å². The monoisotopic (exact) mass is 339 g/mol. The molecule has 1 aliphatic heterocycles. The van der Waals surface area contributed by atoms with Crippen LogP contribution in [0.15, 0.2) is 24.3 Å². The predicted octanol–water partition coefficient (Wildman–Crippen LogP) is 1.81. The molecule has 0 saturated carbocycles. The molecule has 23 heavy (non-hydrogen) atoms. The summed E-state index contributed by atoms with van der Waals surface area (Å²) >= 11 is 0. The molecular weight excluding hydrogens is 318 g/mol. The van der Waals surface area contributed by atoms with Crippen molar-refractivity contribution in [3.05, 3.63) is 29.8 Å². The third-order valence-electron chi connectivity index (χ3n) is 4.33. The minimum absolute atomic E-state index is 0.0524. The fraction of sp³-hybridized carbons (Fsp3) is 0.500. The number of carbonyl (C=O) groups excluding carboxylic acids is 1. The molecule has 1 heterocycles. The van der Waals surface area contributed by atoms with Crippen molar-refractivity contribution in [2.45, 2.75) is 32.1 Å². The van der Waals surface area contributed by atoms with Crippen molar-refractivity contribution in [3.63, 3.8) is 0 Å². The Kier molecular flexibility index (Phi) is 4.79. The highest BCUT2D eigenvalue weighted by molar-refractivity contribution is 7.91. The molecule has 1 saturated heterocycles. The largest absolute Gasteiger partial charge is 0.481 e. The van der Waals surface area contributed by atoms with Crippen molar-refractivity contribution in [3.8, 4) is 0 Å². The Balaban J connectivity index is 2.01. The van der Waals surface area contributed by atoms with Crippen molar-refractivity contribution in [1.29, 1.82) is 0 Å². The Morgan fingerprint density at radius 3 is 2.13 bits per heavy atom. The maximum Gasteiger partial charge on any atom is 0.313 e. The van der Waals surface area contributed by atoms with E-state index in [9.17, 15) is 23.1 Å². The van der Waals surface area contributed by atoms with Crippen molar-refractivity contribution >= 4 is 27.4 Å². The Morgan fingerprint density at radius 1 is 1.13 bits per heavy atom. The van der Waals surface area contributed by atoms with Crippen LogP contribution in [-0.4, -0.2) is 36.9 Å². The molecule has 0 radical (unpaired) electrons. The zero-order chi connectivity index (χ0) is 17.3. The predicted molar refractivity (Wildman–Crippen MR) is 87.1 cm³/mol. The minimum Gasteiger partial charge on any atom is -0.481 e. The van der Waals surface area contributed by atoms with Gasteiger partial charge in [-0.1, -0.05) is 12.1 Å². The lowest BCUT2D eigenvalue weighted by molar-refractivity contribution is -0.142. The minimum atomic E-state index is -2.99. The van der Waals surface area contributed by atoms with Crippen LogP contribution in [0.2, 0.25) is 0 Å². The molecule has 0 bridgehead atoms. The SMILES string of the molecule is CC(C)(C(=O)O)c1ccc(NC(=O)C2CCS(=O)(=O)CC2)cc1. The fourth-order valence-corrected chi connectivity index (χ4v) is 3.98. The van der Waals surface area contributed by atoms with Crippen LogP contribution in [0.4, 0.5) is 5.69 Å². The third-order valence-corrected chi connectivity index (χ3v) is 6.05. The van der Waals surface area contributed by atoms with E-state index in [4.69, 9.17) is 0 Å². The van der Waals surface area contributed by atoms with Gasteiger partial charge in [0.1, 0.15) is 9.84 Å². The number of carboxylic acids is 1. The second-order valence-electron chi connectivity index (χ2n) is 6.42. The standard InChI is InChI=1S/C16H21NO5S/c1-16(2,15(19)20)12-3-5-13(6-4-12)17-14(18)11-7-9-23(21,22)10-8-11/h3-6,11H,7-10H2,1-2H3,(H,17,18)(H,19,20). The summed E-state index contributed by atoms with van der Waals surface area (Å²) in [7, 11) is -2.99. The number of hydrogen-bond donors (Lipinski definition) is 2. The molecular formula is C16H21NO5S. The summed E-state index contributed by atoms with van der Waals surface area (Å²) in [6.45, 7) is 3.23. The summed E-state index contributed by atoms with van der Waals surface area (Å²) in [6, 6.07) is 6.68. The average molecular weight is 339 g/mol. The topological polar surface area (TPSA) is 101 Å². The first kappa shape index (κ1) is 17.5. The number of rotatable bonds is 4. The maximum atomic E-state index is 12.2. The van der Waals surface area contributed by atoms with Gasteiger partial charge in [-0.05, 0) is 44.4 Å². The van der Waals surface area contributed by atoms with Crippen molar-refractivity contribution in [2.75, 3.05) is 16.8 Å². The van der Waals surface area contributed by atoms with Crippen LogP contribution in [0.1, 0.15) is 32.3 Å². The average Bonchev–Trinajstić information content (AvgIpc) is 2.47. The Morgan fingerprint density at radius 2 is 1.65 bits per heavy atom. The van der Waals surface area contributed by atoms with Gasteiger partial charge in [-0.2, -0.15) is 0 Å². The number of anilines is 1. The van der Waals surface area contributed by atoms with E-state index in [0.717, 1.165) is 0 Å². The van der Waals surface area contributed by atoms with Gasteiger partial charge in [0.2, 0.25) is 5.91 Å². The van der Waals surface area contributed by atoms with Gasteiger partial charge in [0, 0.05) is 11.6 Å². The Labute approximate surface area is 135 Å². The van der Waals surface area contributed by atoms with Crippen LogP contribution >= 0.6 is 0 Å². The highest BCUT2D eigenvalue weighted by atomic mass is 32.2. The van der Waals surface area contributed by atoms with Crippen LogP contribution in [0.3, 0.4) is 0 Å². The van der Waals surface area contributed by atoms with Gasteiger partial charge in [0.25, 0.3) is 0 Å². The summed E-state index contributed by atoms with van der Waals surface area (Å²) in [4.78, 5) is 23.4. The number of aliphatic carboxylic acids is 1. The summed E-state index contributed by atoms with van der Waals surface area (Å²) in [5.41, 5.74) is 0.223. The van der Waals surface area contributed by atoms with E-state index in [1.54, 1.807) is 38.1 Å². The van der Waals surface area contributed by atoms with Gasteiger partial charge in [-0.15, -0.1) is 0 Å². The number of nitrogens with one attached hydrogen (secondary N) is 1. The van der Waals surface area contributed by atoms with Crippen molar-refractivity contribution in [2.24, 2.45) is 5.92 Å². The maximum absolute atomic E-state index is 12.2. The molecule has 1 amide bonds. The molecule has 2 rings (SSSR count). The lowest BCUT2D eigenvalue weighted by Gasteiger charge is -2.22. The van der Waals surface area contributed by atoms with Gasteiger partial charge in [0.15, 0.2) is 0 Å². The lowest BCUT2D eigenvalue weighted by Crippen LogP contribution is -2.32. The molecule has 2 N–H and O–H groups in total. The summed E-state index contributed by atoms with van der Waals surface area (Å²) in [5, 5.41) is 12.0. The molecule has 0 aromatic heterocycles. The second kappa shape index (κ2) is 6.31. The molecule has 0 atom stereocenters. The van der Waals surface area contributed by atoms with Crippen LogP contribution in [-0.2, 0) is 24.8 Å². The van der Waals surface area contributed by atoms with E-state index < -0.39 is 21.2 Å². The molecule has 1 fully saturated rings. The third kappa shape index (κ3) is 4.10. The first-order chi connectivity index (χ1) is 10.6. The van der Waals surface area contributed by atoms with E-state index in [1.165, 1.54) is 0 Å². The zero-order valence-corrected chi connectivity index (χ0v) is 14.0. The summed E-state index contributed by atoms with van der Waals surface area (Å²) in [5.74, 6) is -1.30. The van der Waals surface area contributed by atoms with E-state index in [1.807, 2.05) is 0 Å². The molecule has 0 aliphatic carbocycles. The Bertz CT molecular complexity index is 692. The number of carboxylic acid groups (broad SMARTS) is 1. The van der Waals surface area contributed by atoms with Gasteiger partial charge < -0.3 is 10.4 Å². The molecule has 126 valence electrons. The number of sulfone groups is 1. The number of benzene rings is 1. The molecule has 1 aromatic carbocycles. The van der Waals surface area contributed by atoms with Crippen molar-refractivity contribution < 1.29 is 23.1 Å². The van der Waals surface area contributed by atoms with Crippen molar-refractivity contribution in [1.82, 2.24) is 0 Å². The van der Waals surface area contributed by atoms with Gasteiger partial charge >= 0.3 is 5.97 Å². The summed E-state index contributed by atoms with van der Waals surface area (Å²) < 4.78 is 22.8. The smallest absolute Gasteiger partial charge is 0.313 e. The van der Waals surface area contributed by atoms with Crippen LogP contribution < -0.4 is 5.32 Å². The molecule has 6 nitrogen and oxygen atoms in total.